The summed E-state index contributed by atoms with van der Waals surface area (Å²) in [6, 6.07) is 9.12. The average molecular weight is 283 g/mol. The standard InChI is InChI=1S/C13H11F2NS2/c1-17-9-3-4-11(16)13(7-9)18-12-5-2-8(14)6-10(12)15/h2-7H,16H2,1H3. The van der Waals surface area contributed by atoms with Crippen molar-refractivity contribution in [3.05, 3.63) is 48.0 Å². The third-order valence-electron chi connectivity index (χ3n) is 2.33. The van der Waals surface area contributed by atoms with Crippen molar-refractivity contribution in [1.82, 2.24) is 0 Å². The zero-order chi connectivity index (χ0) is 13.1. The van der Waals surface area contributed by atoms with Crippen molar-refractivity contribution in [2.45, 2.75) is 14.7 Å². The van der Waals surface area contributed by atoms with Crippen molar-refractivity contribution >= 4 is 29.2 Å². The summed E-state index contributed by atoms with van der Waals surface area (Å²) in [6.07, 6.45) is 1.96. The number of hydrogen-bond acceptors (Lipinski definition) is 3. The van der Waals surface area contributed by atoms with E-state index >= 15 is 0 Å². The van der Waals surface area contributed by atoms with Crippen molar-refractivity contribution in [3.8, 4) is 0 Å². The van der Waals surface area contributed by atoms with Gasteiger partial charge in [0.25, 0.3) is 0 Å². The Hall–Kier alpha value is -1.20. The van der Waals surface area contributed by atoms with Crippen LogP contribution in [0.2, 0.25) is 0 Å². The molecule has 0 saturated heterocycles. The Kier molecular flexibility index (Phi) is 4.14. The van der Waals surface area contributed by atoms with Gasteiger partial charge in [0.1, 0.15) is 11.6 Å². The third-order valence-corrected chi connectivity index (χ3v) is 4.18. The minimum atomic E-state index is -0.581. The first kappa shape index (κ1) is 13.2. The first-order valence-corrected chi connectivity index (χ1v) is 7.20. The predicted octanol–water partition coefficient (Wildman–Crippen LogP) is 4.42. The van der Waals surface area contributed by atoms with E-state index in [1.807, 2.05) is 18.4 Å². The Morgan fingerprint density at radius 2 is 1.78 bits per heavy atom. The van der Waals surface area contributed by atoms with E-state index in [0.717, 1.165) is 15.9 Å². The number of anilines is 1. The molecule has 0 saturated carbocycles. The van der Waals surface area contributed by atoms with E-state index in [9.17, 15) is 8.78 Å². The molecule has 18 heavy (non-hydrogen) atoms. The summed E-state index contributed by atoms with van der Waals surface area (Å²) >= 11 is 2.79. The molecule has 94 valence electrons. The third kappa shape index (κ3) is 2.97. The van der Waals surface area contributed by atoms with Crippen LogP contribution in [-0.4, -0.2) is 6.26 Å². The Labute approximate surface area is 113 Å². The van der Waals surface area contributed by atoms with Gasteiger partial charge in [-0.1, -0.05) is 11.8 Å². The molecule has 0 amide bonds. The lowest BCUT2D eigenvalue weighted by Gasteiger charge is -2.08. The maximum Gasteiger partial charge on any atom is 0.140 e. The molecule has 2 aromatic carbocycles. The van der Waals surface area contributed by atoms with Crippen LogP contribution in [0.4, 0.5) is 14.5 Å². The van der Waals surface area contributed by atoms with Gasteiger partial charge in [-0.05, 0) is 36.6 Å². The lowest BCUT2D eigenvalue weighted by Crippen LogP contribution is -1.90. The Morgan fingerprint density at radius 1 is 1.00 bits per heavy atom. The monoisotopic (exact) mass is 283 g/mol. The van der Waals surface area contributed by atoms with E-state index in [4.69, 9.17) is 5.73 Å². The molecule has 0 fully saturated rings. The van der Waals surface area contributed by atoms with Gasteiger partial charge in [-0.15, -0.1) is 11.8 Å². The lowest BCUT2D eigenvalue weighted by molar-refractivity contribution is 0.565. The van der Waals surface area contributed by atoms with Crippen LogP contribution in [0.1, 0.15) is 0 Å². The summed E-state index contributed by atoms with van der Waals surface area (Å²) in [5.74, 6) is -1.16. The molecule has 0 unspecified atom stereocenters. The van der Waals surface area contributed by atoms with Gasteiger partial charge in [0.05, 0.1) is 0 Å². The topological polar surface area (TPSA) is 26.0 Å². The number of nitrogens with two attached hydrogens (primary N) is 1. The molecule has 0 aliphatic heterocycles. The fraction of sp³-hybridized carbons (Fsp3) is 0.0769. The highest BCUT2D eigenvalue weighted by molar-refractivity contribution is 8.00. The first-order chi connectivity index (χ1) is 8.60. The van der Waals surface area contributed by atoms with Crippen LogP contribution in [0.3, 0.4) is 0 Å². The van der Waals surface area contributed by atoms with Crippen molar-refractivity contribution in [2.24, 2.45) is 0 Å². The van der Waals surface area contributed by atoms with E-state index in [1.54, 1.807) is 17.8 Å². The van der Waals surface area contributed by atoms with Crippen molar-refractivity contribution < 1.29 is 8.78 Å². The minimum absolute atomic E-state index is 0.362. The van der Waals surface area contributed by atoms with E-state index in [-0.39, 0.29) is 0 Å². The van der Waals surface area contributed by atoms with Crippen LogP contribution in [0, 0.1) is 11.6 Å². The van der Waals surface area contributed by atoms with Crippen LogP contribution in [0.5, 0.6) is 0 Å². The van der Waals surface area contributed by atoms with Crippen LogP contribution < -0.4 is 5.73 Å². The Bertz CT molecular complexity index is 573. The number of rotatable bonds is 3. The second-order valence-electron chi connectivity index (χ2n) is 3.58. The molecule has 2 N–H and O–H groups in total. The van der Waals surface area contributed by atoms with E-state index in [0.29, 0.717) is 10.6 Å². The first-order valence-electron chi connectivity index (χ1n) is 5.16. The van der Waals surface area contributed by atoms with E-state index in [2.05, 4.69) is 0 Å². The Morgan fingerprint density at radius 3 is 2.44 bits per heavy atom. The number of hydrogen-bond donors (Lipinski definition) is 1. The normalized spacial score (nSPS) is 10.6. The SMILES string of the molecule is CSc1ccc(N)c(Sc2ccc(F)cc2F)c1. The molecular formula is C13H11F2NS2. The fourth-order valence-electron chi connectivity index (χ4n) is 1.41. The molecule has 0 radical (unpaired) electrons. The van der Waals surface area contributed by atoms with Crippen molar-refractivity contribution in [2.75, 3.05) is 12.0 Å². The van der Waals surface area contributed by atoms with Crippen LogP contribution in [0.25, 0.3) is 0 Å². The molecule has 0 aromatic heterocycles. The summed E-state index contributed by atoms with van der Waals surface area (Å²) in [4.78, 5) is 2.18. The summed E-state index contributed by atoms with van der Waals surface area (Å²) in [6.45, 7) is 0. The van der Waals surface area contributed by atoms with Gasteiger partial charge in [0.2, 0.25) is 0 Å². The summed E-state index contributed by atoms with van der Waals surface area (Å²) in [5.41, 5.74) is 6.43. The molecule has 5 heteroatoms. The summed E-state index contributed by atoms with van der Waals surface area (Å²) < 4.78 is 26.4. The Balaban J connectivity index is 2.33. The molecule has 0 aliphatic rings. The molecule has 0 aliphatic carbocycles. The van der Waals surface area contributed by atoms with Crippen molar-refractivity contribution in [3.63, 3.8) is 0 Å². The van der Waals surface area contributed by atoms with Gasteiger partial charge >= 0.3 is 0 Å². The maximum absolute atomic E-state index is 13.5. The van der Waals surface area contributed by atoms with E-state index < -0.39 is 11.6 Å². The quantitative estimate of drug-likeness (QED) is 0.667. The van der Waals surface area contributed by atoms with Gasteiger partial charge in [-0.3, -0.25) is 0 Å². The smallest absolute Gasteiger partial charge is 0.140 e. The van der Waals surface area contributed by atoms with Gasteiger partial charge in [-0.25, -0.2) is 8.78 Å². The van der Waals surface area contributed by atoms with E-state index in [1.165, 1.54) is 23.9 Å². The number of nitrogen functional groups attached to an aromatic ring is 1. The zero-order valence-corrected chi connectivity index (χ0v) is 11.2. The summed E-state index contributed by atoms with van der Waals surface area (Å²) in [7, 11) is 0. The van der Waals surface area contributed by atoms with Crippen LogP contribution in [0.15, 0.2) is 51.1 Å². The van der Waals surface area contributed by atoms with Gasteiger partial charge in [0, 0.05) is 26.4 Å². The second kappa shape index (κ2) is 5.63. The molecule has 2 aromatic rings. The number of halogens is 2. The van der Waals surface area contributed by atoms with Crippen LogP contribution in [-0.2, 0) is 0 Å². The van der Waals surface area contributed by atoms with Gasteiger partial charge in [0.15, 0.2) is 0 Å². The van der Waals surface area contributed by atoms with Gasteiger partial charge < -0.3 is 5.73 Å². The molecule has 0 heterocycles. The molecule has 0 atom stereocenters. The number of thioether (sulfide) groups is 1. The zero-order valence-electron chi connectivity index (χ0n) is 9.61. The van der Waals surface area contributed by atoms with Crippen LogP contribution >= 0.6 is 23.5 Å². The average Bonchev–Trinajstić information content (AvgIpc) is 2.35. The maximum atomic E-state index is 13.5. The second-order valence-corrected chi connectivity index (χ2v) is 5.54. The molecule has 0 spiro atoms. The number of benzene rings is 2. The fourth-order valence-corrected chi connectivity index (χ4v) is 2.82. The predicted molar refractivity (Wildman–Crippen MR) is 73.1 cm³/mol. The molecule has 2 rings (SSSR count). The lowest BCUT2D eigenvalue weighted by atomic mass is 10.3. The highest BCUT2D eigenvalue weighted by Crippen LogP contribution is 2.35. The largest absolute Gasteiger partial charge is 0.398 e. The molecule has 0 bridgehead atoms. The summed E-state index contributed by atoms with van der Waals surface area (Å²) in [5, 5.41) is 0. The molecular weight excluding hydrogens is 272 g/mol. The highest BCUT2D eigenvalue weighted by atomic mass is 32.2. The highest BCUT2D eigenvalue weighted by Gasteiger charge is 2.08. The van der Waals surface area contributed by atoms with Gasteiger partial charge in [-0.2, -0.15) is 0 Å². The minimum Gasteiger partial charge on any atom is -0.398 e. The molecule has 1 nitrogen and oxygen atoms in total. The van der Waals surface area contributed by atoms with Crippen molar-refractivity contribution in [1.29, 1.82) is 0 Å².